The highest BCUT2D eigenvalue weighted by Gasteiger charge is 2.07. The molecule has 1 heterocycles. The van der Waals surface area contributed by atoms with Gasteiger partial charge in [0.1, 0.15) is 5.03 Å². The predicted molar refractivity (Wildman–Crippen MR) is 50.8 cm³/mol. The molecule has 0 saturated heterocycles. The van der Waals surface area contributed by atoms with E-state index in [1.165, 1.54) is 0 Å². The quantitative estimate of drug-likeness (QED) is 0.538. The second-order valence-electron chi connectivity index (χ2n) is 2.32. The van der Waals surface area contributed by atoms with Gasteiger partial charge >= 0.3 is 0 Å². The molecule has 0 spiro atoms. The van der Waals surface area contributed by atoms with Gasteiger partial charge in [0.15, 0.2) is 4.77 Å². The van der Waals surface area contributed by atoms with Crippen LogP contribution in [0.1, 0.15) is 5.69 Å². The number of carbonyl (C=O) groups is 1. The number of H-pyrrole nitrogens is 1. The van der Waals surface area contributed by atoms with Crippen molar-refractivity contribution in [1.29, 1.82) is 0 Å². The van der Waals surface area contributed by atoms with Crippen LogP contribution in [-0.4, -0.2) is 14.8 Å². The Kier molecular flexibility index (Phi) is 2.58. The van der Waals surface area contributed by atoms with Gasteiger partial charge in [0.2, 0.25) is 0 Å². The average molecular weight is 203 g/mol. The first-order chi connectivity index (χ1) is 5.52. The van der Waals surface area contributed by atoms with Gasteiger partial charge in [-0.2, -0.15) is 0 Å². The number of amides is 1. The summed E-state index contributed by atoms with van der Waals surface area (Å²) in [4.78, 5) is 13.4. The third-order valence-electron chi connectivity index (χ3n) is 1.56. The molecule has 0 radical (unpaired) electrons. The van der Waals surface area contributed by atoms with Crippen molar-refractivity contribution in [3.8, 4) is 0 Å². The Morgan fingerprint density at radius 3 is 2.67 bits per heavy atom. The third-order valence-corrected chi connectivity index (χ3v) is 2.74. The van der Waals surface area contributed by atoms with Crippen LogP contribution in [0.15, 0.2) is 5.03 Å². The summed E-state index contributed by atoms with van der Waals surface area (Å²) in [6.07, 6.45) is 0. The molecule has 6 heteroatoms. The van der Waals surface area contributed by atoms with Crippen molar-refractivity contribution in [3.05, 3.63) is 10.5 Å². The molecule has 12 heavy (non-hydrogen) atoms. The van der Waals surface area contributed by atoms with E-state index in [9.17, 15) is 4.79 Å². The average Bonchev–Trinajstić information content (AvgIpc) is 2.17. The van der Waals surface area contributed by atoms with Crippen molar-refractivity contribution in [2.24, 2.45) is 12.8 Å². The van der Waals surface area contributed by atoms with Crippen LogP contribution in [0.5, 0.6) is 0 Å². The zero-order valence-corrected chi connectivity index (χ0v) is 8.38. The van der Waals surface area contributed by atoms with Gasteiger partial charge in [-0.05, 0) is 30.9 Å². The van der Waals surface area contributed by atoms with Crippen LogP contribution < -0.4 is 5.73 Å². The minimum Gasteiger partial charge on any atom is -0.360 e. The molecule has 3 N–H and O–H groups in total. The maximum Gasteiger partial charge on any atom is 0.282 e. The van der Waals surface area contributed by atoms with Crippen LogP contribution in [0.3, 0.4) is 0 Å². The molecule has 0 aliphatic carbocycles. The summed E-state index contributed by atoms with van der Waals surface area (Å²) < 4.78 is 2.39. The second-order valence-corrected chi connectivity index (χ2v) is 3.73. The summed E-state index contributed by atoms with van der Waals surface area (Å²) in [5, 5.41) is 0.282. The Bertz CT molecular complexity index is 365. The van der Waals surface area contributed by atoms with E-state index in [4.69, 9.17) is 18.0 Å². The zero-order valence-electron chi connectivity index (χ0n) is 6.75. The molecule has 1 aromatic rings. The number of rotatable bonds is 1. The number of carbonyl (C=O) groups excluding carboxylic acids is 1. The Morgan fingerprint density at radius 2 is 2.33 bits per heavy atom. The van der Waals surface area contributed by atoms with Gasteiger partial charge in [0.25, 0.3) is 5.24 Å². The number of thioether (sulfide) groups is 1. The summed E-state index contributed by atoms with van der Waals surface area (Å²) in [5.41, 5.74) is 5.93. The van der Waals surface area contributed by atoms with Gasteiger partial charge in [-0.15, -0.1) is 0 Å². The molecule has 0 aliphatic heterocycles. The Labute approximate surface area is 79.1 Å². The van der Waals surface area contributed by atoms with Gasteiger partial charge in [-0.1, -0.05) is 0 Å². The van der Waals surface area contributed by atoms with E-state index in [0.29, 0.717) is 4.77 Å². The number of nitrogens with two attached hydrogens (primary N) is 1. The molecule has 1 rings (SSSR count). The number of primary amides is 1. The Balaban J connectivity index is 3.09. The fourth-order valence-corrected chi connectivity index (χ4v) is 1.71. The molecule has 66 valence electrons. The molecule has 0 fully saturated rings. The molecule has 0 aliphatic rings. The van der Waals surface area contributed by atoms with Crippen molar-refractivity contribution >= 4 is 29.2 Å². The van der Waals surface area contributed by atoms with Gasteiger partial charge in [-0.25, -0.2) is 0 Å². The number of nitrogens with one attached hydrogen (secondary N) is 1. The molecule has 0 bridgehead atoms. The fourth-order valence-electron chi connectivity index (χ4n) is 0.776. The molecular weight excluding hydrogens is 194 g/mol. The lowest BCUT2D eigenvalue weighted by Gasteiger charge is -1.95. The van der Waals surface area contributed by atoms with Crippen LogP contribution in [0.2, 0.25) is 0 Å². The van der Waals surface area contributed by atoms with Crippen LogP contribution in [-0.2, 0) is 7.05 Å². The molecule has 0 unspecified atom stereocenters. The highest BCUT2D eigenvalue weighted by Crippen LogP contribution is 2.19. The van der Waals surface area contributed by atoms with Crippen LogP contribution >= 0.6 is 24.0 Å². The summed E-state index contributed by atoms with van der Waals surface area (Å²) >= 11 is 5.91. The first kappa shape index (κ1) is 9.34. The lowest BCUT2D eigenvalue weighted by atomic mass is 10.5. The maximum absolute atomic E-state index is 10.6. The van der Waals surface area contributed by atoms with Gasteiger partial charge < -0.3 is 15.3 Å². The number of aromatic nitrogens is 2. The van der Waals surface area contributed by atoms with Crippen molar-refractivity contribution in [3.63, 3.8) is 0 Å². The predicted octanol–water partition coefficient (Wildman–Crippen LogP) is 1.56. The van der Waals surface area contributed by atoms with Crippen LogP contribution in [0, 0.1) is 11.7 Å². The van der Waals surface area contributed by atoms with E-state index in [1.54, 1.807) is 4.57 Å². The van der Waals surface area contributed by atoms with Gasteiger partial charge in [-0.3, -0.25) is 4.79 Å². The maximum atomic E-state index is 10.6. The Hall–Kier alpha value is -0.750. The third kappa shape index (κ3) is 1.70. The number of nitrogens with zero attached hydrogens (tertiary/aromatic N) is 1. The summed E-state index contributed by atoms with van der Waals surface area (Å²) in [6.45, 7) is 1.87. The molecular formula is C6H9N3OS2. The zero-order chi connectivity index (χ0) is 9.30. The Morgan fingerprint density at radius 1 is 1.75 bits per heavy atom. The fraction of sp³-hybridized carbons (Fsp3) is 0.333. The van der Waals surface area contributed by atoms with Crippen LogP contribution in [0.25, 0.3) is 0 Å². The van der Waals surface area contributed by atoms with E-state index in [1.807, 2.05) is 14.0 Å². The van der Waals surface area contributed by atoms with E-state index in [-0.39, 0.29) is 0 Å². The van der Waals surface area contributed by atoms with Gasteiger partial charge in [0, 0.05) is 12.7 Å². The first-order valence-electron chi connectivity index (χ1n) is 3.25. The van der Waals surface area contributed by atoms with Crippen molar-refractivity contribution in [2.45, 2.75) is 11.9 Å². The summed E-state index contributed by atoms with van der Waals surface area (Å²) in [5.74, 6) is 0. The van der Waals surface area contributed by atoms with E-state index in [2.05, 4.69) is 4.98 Å². The molecule has 0 aromatic carbocycles. The lowest BCUT2D eigenvalue weighted by molar-refractivity contribution is 0.267. The minimum absolute atomic E-state index is 0.435. The van der Waals surface area contributed by atoms with E-state index in [0.717, 1.165) is 22.5 Å². The lowest BCUT2D eigenvalue weighted by Crippen LogP contribution is -2.02. The number of aromatic amines is 1. The topological polar surface area (TPSA) is 63.8 Å². The molecule has 1 aromatic heterocycles. The van der Waals surface area contributed by atoms with Gasteiger partial charge in [0.05, 0.1) is 0 Å². The highest BCUT2D eigenvalue weighted by atomic mass is 32.2. The van der Waals surface area contributed by atoms with Crippen molar-refractivity contribution in [2.75, 3.05) is 0 Å². The molecule has 4 nitrogen and oxygen atoms in total. The normalized spacial score (nSPS) is 10.2. The van der Waals surface area contributed by atoms with E-state index >= 15 is 0 Å². The number of imidazole rings is 1. The highest BCUT2D eigenvalue weighted by molar-refractivity contribution is 8.13. The van der Waals surface area contributed by atoms with Crippen molar-refractivity contribution in [1.82, 2.24) is 9.55 Å². The monoisotopic (exact) mass is 203 g/mol. The van der Waals surface area contributed by atoms with E-state index < -0.39 is 5.24 Å². The number of hydrogen-bond acceptors (Lipinski definition) is 3. The standard InChI is InChI=1S/C6H9N3OS2/c1-3-4(12-5(7)10)8-6(11)9(3)2/h1-2H3,(H2,7,10)(H,8,11). The molecule has 0 atom stereocenters. The summed E-state index contributed by atoms with van der Waals surface area (Å²) in [7, 11) is 1.83. The largest absolute Gasteiger partial charge is 0.360 e. The number of hydrogen-bond donors (Lipinski definition) is 2. The second kappa shape index (κ2) is 3.32. The first-order valence-corrected chi connectivity index (χ1v) is 4.47. The molecule has 1 amide bonds. The molecule has 0 saturated carbocycles. The minimum atomic E-state index is -0.435. The summed E-state index contributed by atoms with van der Waals surface area (Å²) in [6, 6.07) is 0. The smallest absolute Gasteiger partial charge is 0.282 e. The van der Waals surface area contributed by atoms with Crippen molar-refractivity contribution < 1.29 is 4.79 Å². The van der Waals surface area contributed by atoms with Crippen LogP contribution in [0.4, 0.5) is 4.79 Å². The SMILES string of the molecule is Cc1c(SC(N)=O)[nH]c(=S)n1C.